The summed E-state index contributed by atoms with van der Waals surface area (Å²) in [6.45, 7) is 3.43. The highest BCUT2D eigenvalue weighted by molar-refractivity contribution is 7.79. The Labute approximate surface area is 125 Å². The van der Waals surface area contributed by atoms with Gasteiger partial charge >= 0.3 is 5.97 Å². The fourth-order valence-electron chi connectivity index (χ4n) is 1.53. The van der Waals surface area contributed by atoms with Crippen LogP contribution >= 0.6 is 0 Å². The van der Waals surface area contributed by atoms with Crippen LogP contribution in [-0.4, -0.2) is 33.3 Å². The minimum absolute atomic E-state index is 0.208. The molecule has 0 radical (unpaired) electrons. The molecule has 114 valence electrons. The molecule has 0 aromatic heterocycles. The summed E-state index contributed by atoms with van der Waals surface area (Å²) in [5.41, 5.74) is 0.456. The molecule has 1 aromatic rings. The first-order chi connectivity index (χ1) is 9.95. The van der Waals surface area contributed by atoms with Crippen LogP contribution in [0, 0.1) is 0 Å². The number of benzene rings is 1. The van der Waals surface area contributed by atoms with Crippen LogP contribution in [0.5, 0.6) is 0 Å². The van der Waals surface area contributed by atoms with E-state index in [4.69, 9.17) is 9.29 Å². The smallest absolute Gasteiger partial charge is 0.328 e. The topological polar surface area (TPSA) is 92.7 Å². The molecule has 0 aliphatic carbocycles. The molecule has 0 spiro atoms. The molecule has 21 heavy (non-hydrogen) atoms. The van der Waals surface area contributed by atoms with Crippen LogP contribution < -0.4 is 5.32 Å². The van der Waals surface area contributed by atoms with Gasteiger partial charge in [-0.25, -0.2) is 9.00 Å². The van der Waals surface area contributed by atoms with E-state index in [1.54, 1.807) is 25.1 Å². The lowest BCUT2D eigenvalue weighted by molar-refractivity contribution is -0.146. The van der Waals surface area contributed by atoms with Gasteiger partial charge in [0.2, 0.25) is 5.91 Å². The zero-order valence-electron chi connectivity index (χ0n) is 11.7. The van der Waals surface area contributed by atoms with Crippen molar-refractivity contribution in [2.75, 3.05) is 6.61 Å². The summed E-state index contributed by atoms with van der Waals surface area (Å²) in [6.07, 6.45) is 2.61. The maximum Gasteiger partial charge on any atom is 0.328 e. The molecule has 0 heterocycles. The fourth-order valence-corrected chi connectivity index (χ4v) is 2.06. The second-order valence-electron chi connectivity index (χ2n) is 4.10. The van der Waals surface area contributed by atoms with Gasteiger partial charge in [0.1, 0.15) is 6.04 Å². The van der Waals surface area contributed by atoms with Gasteiger partial charge in [-0.1, -0.05) is 18.2 Å². The quantitative estimate of drug-likeness (QED) is 0.470. The summed E-state index contributed by atoms with van der Waals surface area (Å²) in [4.78, 5) is 23.2. The predicted octanol–water partition coefficient (Wildman–Crippen LogP) is 1.35. The monoisotopic (exact) mass is 311 g/mol. The fraction of sp³-hybridized carbons (Fsp3) is 0.286. The van der Waals surface area contributed by atoms with Crippen LogP contribution in [0.15, 0.2) is 35.2 Å². The van der Waals surface area contributed by atoms with Crippen molar-refractivity contribution in [3.8, 4) is 0 Å². The SMILES string of the molecule is CCOC(=O)[C@H](C)NC(=O)/C=C/c1ccccc1S(=O)O. The third-order valence-corrected chi connectivity index (χ3v) is 3.27. The Morgan fingerprint density at radius 2 is 2.10 bits per heavy atom. The number of amides is 1. The summed E-state index contributed by atoms with van der Waals surface area (Å²) in [5.74, 6) is -1.01. The number of hydrogen-bond donors (Lipinski definition) is 2. The molecule has 0 bridgehead atoms. The molecule has 0 aliphatic heterocycles. The van der Waals surface area contributed by atoms with Crippen LogP contribution in [0.1, 0.15) is 19.4 Å². The highest BCUT2D eigenvalue weighted by atomic mass is 32.2. The third kappa shape index (κ3) is 5.49. The molecule has 7 heteroatoms. The maximum absolute atomic E-state index is 11.7. The average molecular weight is 311 g/mol. The number of rotatable bonds is 6. The lowest BCUT2D eigenvalue weighted by Crippen LogP contribution is -2.38. The number of carbonyl (C=O) groups is 2. The van der Waals surface area contributed by atoms with Gasteiger partial charge < -0.3 is 14.6 Å². The molecule has 1 aromatic carbocycles. The lowest BCUT2D eigenvalue weighted by Gasteiger charge is -2.10. The summed E-state index contributed by atoms with van der Waals surface area (Å²) >= 11 is -2.13. The van der Waals surface area contributed by atoms with Crippen LogP contribution in [0.25, 0.3) is 6.08 Å². The number of carbonyl (C=O) groups excluding carboxylic acids is 2. The van der Waals surface area contributed by atoms with E-state index in [2.05, 4.69) is 5.32 Å². The van der Waals surface area contributed by atoms with Gasteiger partial charge in [-0.05, 0) is 31.6 Å². The number of esters is 1. The zero-order valence-corrected chi connectivity index (χ0v) is 12.6. The van der Waals surface area contributed by atoms with Gasteiger partial charge in [-0.15, -0.1) is 0 Å². The van der Waals surface area contributed by atoms with Crippen molar-refractivity contribution in [3.05, 3.63) is 35.9 Å². The van der Waals surface area contributed by atoms with Crippen molar-refractivity contribution in [3.63, 3.8) is 0 Å². The Hall–Kier alpha value is -1.99. The Morgan fingerprint density at radius 3 is 2.71 bits per heavy atom. The van der Waals surface area contributed by atoms with Crippen LogP contribution in [-0.2, 0) is 25.4 Å². The summed E-state index contributed by atoms with van der Waals surface area (Å²) in [6, 6.07) is 5.67. The van der Waals surface area contributed by atoms with Gasteiger partial charge in [-0.2, -0.15) is 0 Å². The van der Waals surface area contributed by atoms with Crippen molar-refractivity contribution in [1.29, 1.82) is 0 Å². The number of nitrogens with one attached hydrogen (secondary N) is 1. The van der Waals surface area contributed by atoms with Gasteiger partial charge in [0, 0.05) is 6.08 Å². The van der Waals surface area contributed by atoms with E-state index in [1.165, 1.54) is 25.1 Å². The van der Waals surface area contributed by atoms with Crippen molar-refractivity contribution in [2.24, 2.45) is 0 Å². The largest absolute Gasteiger partial charge is 0.464 e. The first-order valence-corrected chi connectivity index (χ1v) is 7.41. The molecular formula is C14H17NO5S. The minimum atomic E-state index is -2.13. The first-order valence-electron chi connectivity index (χ1n) is 6.30. The molecule has 0 aliphatic rings. The Morgan fingerprint density at radius 1 is 1.43 bits per heavy atom. The molecule has 0 saturated heterocycles. The van der Waals surface area contributed by atoms with E-state index in [-0.39, 0.29) is 11.5 Å². The van der Waals surface area contributed by atoms with Crippen molar-refractivity contribution >= 4 is 29.0 Å². The van der Waals surface area contributed by atoms with E-state index >= 15 is 0 Å². The van der Waals surface area contributed by atoms with Crippen molar-refractivity contribution in [1.82, 2.24) is 5.32 Å². The number of ether oxygens (including phenoxy) is 1. The van der Waals surface area contributed by atoms with E-state index in [0.717, 1.165) is 0 Å². The molecule has 6 nitrogen and oxygen atoms in total. The molecule has 2 atom stereocenters. The molecule has 0 saturated carbocycles. The van der Waals surface area contributed by atoms with Crippen LogP contribution in [0.2, 0.25) is 0 Å². The minimum Gasteiger partial charge on any atom is -0.464 e. The highest BCUT2D eigenvalue weighted by Gasteiger charge is 2.15. The second-order valence-corrected chi connectivity index (χ2v) is 5.04. The third-order valence-electron chi connectivity index (χ3n) is 2.52. The average Bonchev–Trinajstić information content (AvgIpc) is 2.45. The molecular weight excluding hydrogens is 294 g/mol. The maximum atomic E-state index is 11.7. The zero-order chi connectivity index (χ0) is 15.8. The molecule has 0 fully saturated rings. The highest BCUT2D eigenvalue weighted by Crippen LogP contribution is 2.13. The summed E-state index contributed by atoms with van der Waals surface area (Å²) < 4.78 is 25.0. The molecule has 2 N–H and O–H groups in total. The van der Waals surface area contributed by atoms with E-state index in [0.29, 0.717) is 5.56 Å². The van der Waals surface area contributed by atoms with Gasteiger partial charge in [-0.3, -0.25) is 4.79 Å². The van der Waals surface area contributed by atoms with Crippen LogP contribution in [0.4, 0.5) is 0 Å². The Bertz CT molecular complexity index is 570. The second kappa shape index (κ2) is 8.33. The number of hydrogen-bond acceptors (Lipinski definition) is 4. The van der Waals surface area contributed by atoms with Gasteiger partial charge in [0.25, 0.3) is 0 Å². The molecule has 1 rings (SSSR count). The Kier molecular flexibility index (Phi) is 6.77. The van der Waals surface area contributed by atoms with Crippen molar-refractivity contribution in [2.45, 2.75) is 24.8 Å². The lowest BCUT2D eigenvalue weighted by atomic mass is 10.2. The standard InChI is InChI=1S/C14H17NO5S/c1-3-20-14(17)10(2)15-13(16)9-8-11-6-4-5-7-12(11)21(18)19/h4-10H,3H2,1-2H3,(H,15,16)(H,18,19)/b9-8+/t10-/m0/s1. The van der Waals surface area contributed by atoms with E-state index in [9.17, 15) is 13.8 Å². The predicted molar refractivity (Wildman–Crippen MR) is 78.8 cm³/mol. The van der Waals surface area contributed by atoms with Crippen LogP contribution in [0.3, 0.4) is 0 Å². The van der Waals surface area contributed by atoms with E-state index in [1.807, 2.05) is 0 Å². The summed E-state index contributed by atoms with van der Waals surface area (Å²) in [5, 5.41) is 2.44. The van der Waals surface area contributed by atoms with Crippen molar-refractivity contribution < 1.29 is 23.1 Å². The Balaban J connectivity index is 2.71. The normalized spacial score (nSPS) is 13.7. The summed E-state index contributed by atoms with van der Waals surface area (Å²) in [7, 11) is 0. The van der Waals surface area contributed by atoms with Gasteiger partial charge in [0.15, 0.2) is 11.1 Å². The van der Waals surface area contributed by atoms with E-state index < -0.39 is 29.0 Å². The first kappa shape index (κ1) is 17.1. The molecule has 1 amide bonds. The molecule has 1 unspecified atom stereocenters. The van der Waals surface area contributed by atoms with Gasteiger partial charge in [0.05, 0.1) is 11.5 Å².